The van der Waals surface area contributed by atoms with E-state index in [1.54, 1.807) is 24.9 Å². The summed E-state index contributed by atoms with van der Waals surface area (Å²) in [6.45, 7) is 4.20. The molecule has 3 rings (SSSR count). The number of benzene rings is 2. The lowest BCUT2D eigenvalue weighted by molar-refractivity contribution is 0.342. The number of rotatable bonds is 5. The summed E-state index contributed by atoms with van der Waals surface area (Å²) in [5, 5.41) is 9.85. The van der Waals surface area contributed by atoms with Crippen LogP contribution in [0.2, 0.25) is 0 Å². The third-order valence-electron chi connectivity index (χ3n) is 4.08. The predicted octanol–water partition coefficient (Wildman–Crippen LogP) is 4.20. The molecule has 0 radical (unpaired) electrons. The van der Waals surface area contributed by atoms with Gasteiger partial charge < -0.3 is 19.6 Å². The van der Waals surface area contributed by atoms with E-state index >= 15 is 0 Å². The normalized spacial score (nSPS) is 14.3. The minimum absolute atomic E-state index is 0.305. The standard InChI is InChI=1S/C19H24N2O2S/c1-13(11-20(2)3)12-21-16-7-5-14(22)9-19(16)24-18-8-6-15(23-4)10-17(18)21/h5-10,13,22H,11-12H2,1-4H3. The summed E-state index contributed by atoms with van der Waals surface area (Å²) in [4.78, 5) is 6.83. The number of fused-ring (bicyclic) bond motifs is 2. The number of phenolic OH excluding ortho intramolecular Hbond substituents is 1. The van der Waals surface area contributed by atoms with E-state index in [0.717, 1.165) is 29.4 Å². The Morgan fingerprint density at radius 2 is 1.92 bits per heavy atom. The molecule has 2 aromatic rings. The Morgan fingerprint density at radius 3 is 2.62 bits per heavy atom. The number of phenols is 1. The molecule has 1 heterocycles. The first-order chi connectivity index (χ1) is 11.5. The summed E-state index contributed by atoms with van der Waals surface area (Å²) in [5.74, 6) is 1.67. The molecule has 0 aromatic heterocycles. The lowest BCUT2D eigenvalue weighted by atomic mass is 10.1. The maximum Gasteiger partial charge on any atom is 0.121 e. The minimum atomic E-state index is 0.305. The largest absolute Gasteiger partial charge is 0.508 e. The van der Waals surface area contributed by atoms with Crippen LogP contribution in [0.3, 0.4) is 0 Å². The highest BCUT2D eigenvalue weighted by Gasteiger charge is 2.25. The topological polar surface area (TPSA) is 35.9 Å². The highest BCUT2D eigenvalue weighted by molar-refractivity contribution is 7.99. The van der Waals surface area contributed by atoms with Crippen molar-refractivity contribution in [1.29, 1.82) is 0 Å². The molecule has 24 heavy (non-hydrogen) atoms. The molecule has 1 N–H and O–H groups in total. The molecule has 4 nitrogen and oxygen atoms in total. The van der Waals surface area contributed by atoms with E-state index < -0.39 is 0 Å². The van der Waals surface area contributed by atoms with Crippen LogP contribution < -0.4 is 9.64 Å². The van der Waals surface area contributed by atoms with Gasteiger partial charge in [-0.15, -0.1) is 0 Å². The van der Waals surface area contributed by atoms with Crippen LogP contribution in [0.25, 0.3) is 0 Å². The third kappa shape index (κ3) is 3.47. The monoisotopic (exact) mass is 344 g/mol. The van der Waals surface area contributed by atoms with Crippen molar-refractivity contribution in [3.05, 3.63) is 36.4 Å². The number of ether oxygens (including phenoxy) is 1. The van der Waals surface area contributed by atoms with Gasteiger partial charge in [-0.3, -0.25) is 0 Å². The van der Waals surface area contributed by atoms with Gasteiger partial charge in [-0.25, -0.2) is 0 Å². The zero-order valence-electron chi connectivity index (χ0n) is 14.6. The summed E-state index contributed by atoms with van der Waals surface area (Å²) in [7, 11) is 5.90. The van der Waals surface area contributed by atoms with Crippen LogP contribution in [0.5, 0.6) is 11.5 Å². The second kappa shape index (κ2) is 6.95. The van der Waals surface area contributed by atoms with Crippen LogP contribution in [0.1, 0.15) is 6.92 Å². The van der Waals surface area contributed by atoms with Gasteiger partial charge in [-0.2, -0.15) is 0 Å². The van der Waals surface area contributed by atoms with E-state index in [0.29, 0.717) is 11.7 Å². The smallest absolute Gasteiger partial charge is 0.121 e. The Bertz CT molecular complexity index is 733. The van der Waals surface area contributed by atoms with Crippen molar-refractivity contribution in [2.75, 3.05) is 39.2 Å². The zero-order valence-corrected chi connectivity index (χ0v) is 15.4. The van der Waals surface area contributed by atoms with E-state index in [9.17, 15) is 5.11 Å². The fraction of sp³-hybridized carbons (Fsp3) is 0.368. The third-order valence-corrected chi connectivity index (χ3v) is 5.19. The first-order valence-corrected chi connectivity index (χ1v) is 8.90. The van der Waals surface area contributed by atoms with Crippen molar-refractivity contribution >= 4 is 23.1 Å². The Morgan fingerprint density at radius 1 is 1.12 bits per heavy atom. The molecule has 1 aliphatic rings. The molecule has 2 aromatic carbocycles. The van der Waals surface area contributed by atoms with Gasteiger partial charge in [0.05, 0.1) is 18.5 Å². The van der Waals surface area contributed by atoms with Gasteiger partial charge in [0.25, 0.3) is 0 Å². The Hall–Kier alpha value is -1.85. The molecule has 128 valence electrons. The van der Waals surface area contributed by atoms with Crippen molar-refractivity contribution in [2.45, 2.75) is 16.7 Å². The molecule has 0 saturated heterocycles. The maximum absolute atomic E-state index is 9.85. The van der Waals surface area contributed by atoms with Gasteiger partial charge in [0, 0.05) is 28.9 Å². The number of hydrogen-bond acceptors (Lipinski definition) is 5. The number of nitrogens with zero attached hydrogens (tertiary/aromatic N) is 2. The van der Waals surface area contributed by atoms with Crippen molar-refractivity contribution in [1.82, 2.24) is 4.90 Å². The van der Waals surface area contributed by atoms with E-state index in [2.05, 4.69) is 43.0 Å². The summed E-state index contributed by atoms with van der Waals surface area (Å²) in [6, 6.07) is 11.8. The van der Waals surface area contributed by atoms with E-state index in [4.69, 9.17) is 4.74 Å². The summed E-state index contributed by atoms with van der Waals surface area (Å²) < 4.78 is 5.42. The SMILES string of the molecule is COc1ccc2c(c1)N(CC(C)CN(C)C)c1ccc(O)cc1S2. The van der Waals surface area contributed by atoms with Crippen LogP contribution >= 0.6 is 11.8 Å². The summed E-state index contributed by atoms with van der Waals surface area (Å²) in [5.41, 5.74) is 2.31. The fourth-order valence-corrected chi connectivity index (χ4v) is 4.28. The highest BCUT2D eigenvalue weighted by atomic mass is 32.2. The van der Waals surface area contributed by atoms with Crippen molar-refractivity contribution in [3.8, 4) is 11.5 Å². The van der Waals surface area contributed by atoms with Gasteiger partial charge in [-0.1, -0.05) is 18.7 Å². The molecular weight excluding hydrogens is 320 g/mol. The first-order valence-electron chi connectivity index (χ1n) is 8.09. The number of hydrogen-bond donors (Lipinski definition) is 1. The Labute approximate surface area is 148 Å². The summed E-state index contributed by atoms with van der Waals surface area (Å²) in [6.07, 6.45) is 0. The zero-order chi connectivity index (χ0) is 17.3. The number of anilines is 2. The molecule has 5 heteroatoms. The van der Waals surface area contributed by atoms with Gasteiger partial charge in [0.15, 0.2) is 0 Å². The average molecular weight is 344 g/mol. The molecule has 0 bridgehead atoms. The summed E-state index contributed by atoms with van der Waals surface area (Å²) >= 11 is 1.69. The number of methoxy groups -OCH3 is 1. The minimum Gasteiger partial charge on any atom is -0.508 e. The van der Waals surface area contributed by atoms with Gasteiger partial charge >= 0.3 is 0 Å². The highest BCUT2D eigenvalue weighted by Crippen LogP contribution is 2.50. The van der Waals surface area contributed by atoms with Crippen LogP contribution in [0.15, 0.2) is 46.2 Å². The lowest BCUT2D eigenvalue weighted by Gasteiger charge is -2.35. The quantitative estimate of drug-likeness (QED) is 0.879. The first kappa shape index (κ1) is 17.0. The molecule has 0 saturated carbocycles. The van der Waals surface area contributed by atoms with Gasteiger partial charge in [-0.05, 0) is 50.3 Å². The average Bonchev–Trinajstić information content (AvgIpc) is 2.53. The molecule has 1 atom stereocenters. The Kier molecular flexibility index (Phi) is 4.92. The lowest BCUT2D eigenvalue weighted by Crippen LogP contribution is -2.31. The van der Waals surface area contributed by atoms with Crippen molar-refractivity contribution in [3.63, 3.8) is 0 Å². The van der Waals surface area contributed by atoms with E-state index in [-0.39, 0.29) is 0 Å². The number of aromatic hydroxyl groups is 1. The molecule has 1 aliphatic heterocycles. The van der Waals surface area contributed by atoms with Gasteiger partial charge in [0.1, 0.15) is 11.5 Å². The second-order valence-electron chi connectivity index (χ2n) is 6.57. The molecule has 0 aliphatic carbocycles. The molecule has 0 amide bonds. The fourth-order valence-electron chi connectivity index (χ4n) is 3.17. The van der Waals surface area contributed by atoms with Gasteiger partial charge in [0.2, 0.25) is 0 Å². The molecule has 0 spiro atoms. The van der Waals surface area contributed by atoms with Crippen LogP contribution in [0, 0.1) is 5.92 Å². The van der Waals surface area contributed by atoms with E-state index in [1.165, 1.54) is 10.6 Å². The van der Waals surface area contributed by atoms with Crippen molar-refractivity contribution in [2.24, 2.45) is 5.92 Å². The van der Waals surface area contributed by atoms with Crippen LogP contribution in [-0.4, -0.2) is 44.3 Å². The van der Waals surface area contributed by atoms with Crippen LogP contribution in [-0.2, 0) is 0 Å². The van der Waals surface area contributed by atoms with Crippen molar-refractivity contribution < 1.29 is 9.84 Å². The molecular formula is C19H24N2O2S. The predicted molar refractivity (Wildman–Crippen MR) is 99.9 cm³/mol. The Balaban J connectivity index is 2.01. The molecule has 1 unspecified atom stereocenters. The maximum atomic E-state index is 9.85. The van der Waals surface area contributed by atoms with Crippen LogP contribution in [0.4, 0.5) is 11.4 Å². The molecule has 0 fully saturated rings. The van der Waals surface area contributed by atoms with E-state index in [1.807, 2.05) is 18.2 Å². The second-order valence-corrected chi connectivity index (χ2v) is 7.65.